The van der Waals surface area contributed by atoms with Gasteiger partial charge in [-0.25, -0.2) is 4.79 Å². The van der Waals surface area contributed by atoms with Crippen molar-refractivity contribution < 1.29 is 14.3 Å². The van der Waals surface area contributed by atoms with Gasteiger partial charge in [-0.2, -0.15) is 0 Å². The van der Waals surface area contributed by atoms with Gasteiger partial charge in [0.25, 0.3) is 0 Å². The van der Waals surface area contributed by atoms with Gasteiger partial charge in [0.15, 0.2) is 0 Å². The second-order valence-corrected chi connectivity index (χ2v) is 5.12. The normalized spacial score (nSPS) is 9.87. The molecule has 7 heteroatoms. The molecule has 23 heavy (non-hydrogen) atoms. The molecule has 0 bridgehead atoms. The summed E-state index contributed by atoms with van der Waals surface area (Å²) in [6.07, 6.45) is 0. The standard InChI is InChI=1S/C16H16ClN3O3/c1-10(21)18-13-7-8-15(23-2)14(9-13)20-16(22)19-12-5-3-11(17)4-6-12/h3-9H,1-2H3,(H,18,21)(H2,19,20,22). The first-order valence-electron chi connectivity index (χ1n) is 6.77. The van der Waals surface area contributed by atoms with Crippen LogP contribution in [0.3, 0.4) is 0 Å². The molecule has 3 N–H and O–H groups in total. The van der Waals surface area contributed by atoms with E-state index in [0.29, 0.717) is 27.8 Å². The summed E-state index contributed by atoms with van der Waals surface area (Å²) in [7, 11) is 1.50. The lowest BCUT2D eigenvalue weighted by Crippen LogP contribution is -2.20. The Morgan fingerprint density at radius 1 is 0.957 bits per heavy atom. The van der Waals surface area contributed by atoms with Crippen molar-refractivity contribution in [2.24, 2.45) is 0 Å². The Kier molecular flexibility index (Phi) is 5.43. The third kappa shape index (κ3) is 4.89. The van der Waals surface area contributed by atoms with Gasteiger partial charge in [-0.3, -0.25) is 4.79 Å². The Hall–Kier alpha value is -2.73. The minimum atomic E-state index is -0.439. The van der Waals surface area contributed by atoms with Gasteiger partial charge < -0.3 is 20.7 Å². The number of anilines is 3. The van der Waals surface area contributed by atoms with Crippen LogP contribution < -0.4 is 20.7 Å². The Balaban J connectivity index is 2.12. The maximum Gasteiger partial charge on any atom is 0.323 e. The van der Waals surface area contributed by atoms with Crippen LogP contribution in [0.25, 0.3) is 0 Å². The number of amides is 3. The van der Waals surface area contributed by atoms with E-state index in [1.165, 1.54) is 14.0 Å². The van der Waals surface area contributed by atoms with E-state index in [-0.39, 0.29) is 5.91 Å². The first-order valence-corrected chi connectivity index (χ1v) is 7.15. The summed E-state index contributed by atoms with van der Waals surface area (Å²) in [4.78, 5) is 23.2. The average Bonchev–Trinajstić information content (AvgIpc) is 2.49. The third-order valence-corrected chi connectivity index (χ3v) is 3.12. The molecule has 3 amide bonds. The lowest BCUT2D eigenvalue weighted by atomic mass is 10.2. The van der Waals surface area contributed by atoms with Gasteiger partial charge in [-0.15, -0.1) is 0 Å². The van der Waals surface area contributed by atoms with Crippen molar-refractivity contribution in [3.05, 3.63) is 47.5 Å². The maximum absolute atomic E-state index is 12.1. The van der Waals surface area contributed by atoms with Gasteiger partial charge in [0.1, 0.15) is 5.75 Å². The van der Waals surface area contributed by atoms with Gasteiger partial charge >= 0.3 is 6.03 Å². The van der Waals surface area contributed by atoms with Gasteiger partial charge in [0, 0.05) is 23.3 Å². The highest BCUT2D eigenvalue weighted by Crippen LogP contribution is 2.28. The second kappa shape index (κ2) is 7.51. The van der Waals surface area contributed by atoms with Gasteiger partial charge in [0.2, 0.25) is 5.91 Å². The maximum atomic E-state index is 12.1. The van der Waals surface area contributed by atoms with Gasteiger partial charge in [-0.1, -0.05) is 11.6 Å². The average molecular weight is 334 g/mol. The first-order chi connectivity index (χ1) is 11.0. The van der Waals surface area contributed by atoms with Gasteiger partial charge in [-0.05, 0) is 42.5 Å². The van der Waals surface area contributed by atoms with Crippen molar-refractivity contribution >= 4 is 40.6 Å². The molecule has 0 saturated carbocycles. The number of rotatable bonds is 4. The van der Waals surface area contributed by atoms with Crippen molar-refractivity contribution in [3.63, 3.8) is 0 Å². The predicted molar refractivity (Wildman–Crippen MR) is 91.4 cm³/mol. The van der Waals surface area contributed by atoms with Crippen molar-refractivity contribution in [1.82, 2.24) is 0 Å². The molecule has 2 rings (SSSR count). The molecular formula is C16H16ClN3O3. The number of urea groups is 1. The number of methoxy groups -OCH3 is 1. The van der Waals surface area contributed by atoms with E-state index in [0.717, 1.165) is 0 Å². The summed E-state index contributed by atoms with van der Waals surface area (Å²) in [6.45, 7) is 1.41. The number of hydrogen-bond acceptors (Lipinski definition) is 3. The van der Waals surface area contributed by atoms with E-state index in [9.17, 15) is 9.59 Å². The van der Waals surface area contributed by atoms with Crippen LogP contribution in [-0.2, 0) is 4.79 Å². The number of carbonyl (C=O) groups is 2. The molecule has 2 aromatic carbocycles. The van der Waals surface area contributed by atoms with Crippen LogP contribution >= 0.6 is 11.6 Å². The summed E-state index contributed by atoms with van der Waals surface area (Å²) < 4.78 is 5.20. The number of ether oxygens (including phenoxy) is 1. The lowest BCUT2D eigenvalue weighted by molar-refractivity contribution is -0.114. The Morgan fingerprint density at radius 3 is 2.22 bits per heavy atom. The minimum absolute atomic E-state index is 0.202. The van der Waals surface area contributed by atoms with Crippen molar-refractivity contribution in [3.8, 4) is 5.75 Å². The molecule has 0 fully saturated rings. The fourth-order valence-electron chi connectivity index (χ4n) is 1.90. The largest absolute Gasteiger partial charge is 0.495 e. The minimum Gasteiger partial charge on any atom is -0.495 e. The summed E-state index contributed by atoms with van der Waals surface area (Å²) in [5, 5.41) is 8.59. The van der Waals surface area contributed by atoms with E-state index in [1.807, 2.05) is 0 Å². The molecule has 0 spiro atoms. The molecule has 6 nitrogen and oxygen atoms in total. The zero-order valence-electron chi connectivity index (χ0n) is 12.6. The number of benzene rings is 2. The molecule has 0 unspecified atom stereocenters. The quantitative estimate of drug-likeness (QED) is 0.792. The Morgan fingerprint density at radius 2 is 1.61 bits per heavy atom. The van der Waals surface area contributed by atoms with Crippen LogP contribution in [0.5, 0.6) is 5.75 Å². The summed E-state index contributed by atoms with van der Waals surface area (Å²) >= 11 is 5.80. The van der Waals surface area contributed by atoms with Crippen molar-refractivity contribution in [1.29, 1.82) is 0 Å². The topological polar surface area (TPSA) is 79.5 Å². The highest BCUT2D eigenvalue weighted by atomic mass is 35.5. The molecule has 0 aliphatic rings. The number of nitrogens with one attached hydrogen (secondary N) is 3. The van der Waals surface area contributed by atoms with E-state index in [1.54, 1.807) is 42.5 Å². The molecule has 120 valence electrons. The molecule has 0 saturated heterocycles. The zero-order valence-corrected chi connectivity index (χ0v) is 13.4. The van der Waals surface area contributed by atoms with Gasteiger partial charge in [0.05, 0.1) is 12.8 Å². The monoisotopic (exact) mass is 333 g/mol. The Bertz CT molecular complexity index is 717. The van der Waals surface area contributed by atoms with E-state index >= 15 is 0 Å². The van der Waals surface area contributed by atoms with Crippen molar-refractivity contribution in [2.75, 3.05) is 23.1 Å². The highest BCUT2D eigenvalue weighted by Gasteiger charge is 2.09. The number of hydrogen-bond donors (Lipinski definition) is 3. The highest BCUT2D eigenvalue weighted by molar-refractivity contribution is 6.30. The number of carbonyl (C=O) groups excluding carboxylic acids is 2. The molecule has 0 heterocycles. The van der Waals surface area contributed by atoms with E-state index in [2.05, 4.69) is 16.0 Å². The molecule has 0 aliphatic carbocycles. The molecule has 0 atom stereocenters. The van der Waals surface area contributed by atoms with Crippen LogP contribution in [0.15, 0.2) is 42.5 Å². The first kappa shape index (κ1) is 16.6. The summed E-state index contributed by atoms with van der Waals surface area (Å²) in [5.74, 6) is 0.275. The van der Waals surface area contributed by atoms with E-state index < -0.39 is 6.03 Å². The summed E-state index contributed by atoms with van der Waals surface area (Å²) in [6, 6.07) is 11.2. The van der Waals surface area contributed by atoms with Crippen LogP contribution in [0.2, 0.25) is 5.02 Å². The number of halogens is 1. The van der Waals surface area contributed by atoms with E-state index in [4.69, 9.17) is 16.3 Å². The fourth-order valence-corrected chi connectivity index (χ4v) is 2.03. The van der Waals surface area contributed by atoms with Crippen LogP contribution in [-0.4, -0.2) is 19.0 Å². The summed E-state index contributed by atoms with van der Waals surface area (Å²) in [5.41, 5.74) is 1.59. The molecule has 0 aliphatic heterocycles. The fraction of sp³-hybridized carbons (Fsp3) is 0.125. The Labute approximate surface area is 138 Å². The molecule has 0 aromatic heterocycles. The van der Waals surface area contributed by atoms with Crippen LogP contribution in [0.4, 0.5) is 21.9 Å². The molecular weight excluding hydrogens is 318 g/mol. The lowest BCUT2D eigenvalue weighted by Gasteiger charge is -2.13. The smallest absolute Gasteiger partial charge is 0.323 e. The second-order valence-electron chi connectivity index (χ2n) is 4.68. The SMILES string of the molecule is COc1ccc(NC(C)=O)cc1NC(=O)Nc1ccc(Cl)cc1. The predicted octanol–water partition coefficient (Wildman–Crippen LogP) is 3.95. The van der Waals surface area contributed by atoms with Crippen molar-refractivity contribution in [2.45, 2.75) is 6.92 Å². The van der Waals surface area contributed by atoms with Crippen LogP contribution in [0.1, 0.15) is 6.92 Å². The zero-order chi connectivity index (χ0) is 16.8. The molecule has 0 radical (unpaired) electrons. The van der Waals surface area contributed by atoms with Crippen LogP contribution in [0, 0.1) is 0 Å². The third-order valence-electron chi connectivity index (χ3n) is 2.87. The molecule has 2 aromatic rings.